The van der Waals surface area contributed by atoms with Gasteiger partial charge in [0, 0.05) is 12.1 Å². The number of fused-ring (bicyclic) bond motifs is 2. The SMILES string of the molecule is CC1CC2CCCC(C1)N2CCCCOc1ccccc1. The average Bonchev–Trinajstić information content (AvgIpc) is 2.48. The summed E-state index contributed by atoms with van der Waals surface area (Å²) < 4.78 is 5.79. The second kappa shape index (κ2) is 7.31. The summed E-state index contributed by atoms with van der Waals surface area (Å²) in [6.45, 7) is 4.57. The van der Waals surface area contributed by atoms with Crippen LogP contribution in [0.5, 0.6) is 5.75 Å². The van der Waals surface area contributed by atoms with Crippen molar-refractivity contribution in [1.29, 1.82) is 0 Å². The van der Waals surface area contributed by atoms with Gasteiger partial charge in [-0.3, -0.25) is 4.90 Å². The molecule has 1 aromatic rings. The molecule has 0 aromatic heterocycles. The van der Waals surface area contributed by atoms with Gasteiger partial charge in [-0.1, -0.05) is 31.5 Å². The molecule has 116 valence electrons. The summed E-state index contributed by atoms with van der Waals surface area (Å²) in [4.78, 5) is 2.83. The van der Waals surface area contributed by atoms with Crippen molar-refractivity contribution in [2.75, 3.05) is 13.2 Å². The van der Waals surface area contributed by atoms with Crippen molar-refractivity contribution in [3.63, 3.8) is 0 Å². The quantitative estimate of drug-likeness (QED) is 0.714. The van der Waals surface area contributed by atoms with Crippen LogP contribution in [0.2, 0.25) is 0 Å². The van der Waals surface area contributed by atoms with E-state index >= 15 is 0 Å². The molecule has 1 aromatic carbocycles. The molecule has 2 fully saturated rings. The highest BCUT2D eigenvalue weighted by atomic mass is 16.5. The molecule has 0 spiro atoms. The highest BCUT2D eigenvalue weighted by Crippen LogP contribution is 2.36. The first-order valence-electron chi connectivity index (χ1n) is 8.76. The maximum atomic E-state index is 5.79. The summed E-state index contributed by atoms with van der Waals surface area (Å²) in [6, 6.07) is 11.9. The molecule has 2 aliphatic heterocycles. The van der Waals surface area contributed by atoms with Crippen molar-refractivity contribution in [3.8, 4) is 5.75 Å². The predicted molar refractivity (Wildman–Crippen MR) is 87.7 cm³/mol. The van der Waals surface area contributed by atoms with Crippen molar-refractivity contribution < 1.29 is 4.74 Å². The van der Waals surface area contributed by atoms with E-state index in [2.05, 4.69) is 11.8 Å². The predicted octanol–water partition coefficient (Wildman–Crippen LogP) is 4.50. The van der Waals surface area contributed by atoms with Gasteiger partial charge in [-0.25, -0.2) is 0 Å². The molecule has 3 rings (SSSR count). The minimum Gasteiger partial charge on any atom is -0.494 e. The summed E-state index contributed by atoms with van der Waals surface area (Å²) in [6.07, 6.45) is 9.61. The van der Waals surface area contributed by atoms with Gasteiger partial charge >= 0.3 is 0 Å². The highest BCUT2D eigenvalue weighted by molar-refractivity contribution is 5.20. The van der Waals surface area contributed by atoms with Crippen molar-refractivity contribution in [2.45, 2.75) is 64.0 Å². The molecule has 2 heteroatoms. The fourth-order valence-electron chi connectivity index (χ4n) is 4.22. The van der Waals surface area contributed by atoms with E-state index in [0.717, 1.165) is 30.4 Å². The van der Waals surface area contributed by atoms with E-state index in [9.17, 15) is 0 Å². The van der Waals surface area contributed by atoms with E-state index in [1.165, 1.54) is 51.5 Å². The van der Waals surface area contributed by atoms with Crippen LogP contribution in [-0.4, -0.2) is 30.1 Å². The molecule has 2 heterocycles. The van der Waals surface area contributed by atoms with Crippen LogP contribution in [-0.2, 0) is 0 Å². The number of rotatable bonds is 6. The number of benzene rings is 1. The van der Waals surface area contributed by atoms with Gasteiger partial charge in [0.15, 0.2) is 0 Å². The van der Waals surface area contributed by atoms with E-state index in [1.54, 1.807) is 0 Å². The number of piperidine rings is 2. The van der Waals surface area contributed by atoms with Crippen molar-refractivity contribution in [2.24, 2.45) is 5.92 Å². The average molecular weight is 287 g/mol. The molecule has 0 amide bonds. The molecule has 2 unspecified atom stereocenters. The third kappa shape index (κ3) is 4.00. The van der Waals surface area contributed by atoms with E-state index in [-0.39, 0.29) is 0 Å². The molecule has 2 nitrogen and oxygen atoms in total. The minimum absolute atomic E-state index is 0.851. The third-order valence-corrected chi connectivity index (χ3v) is 5.18. The van der Waals surface area contributed by atoms with Gasteiger partial charge in [-0.15, -0.1) is 0 Å². The Morgan fingerprint density at radius 3 is 2.48 bits per heavy atom. The fraction of sp³-hybridized carbons (Fsp3) is 0.684. The van der Waals surface area contributed by atoms with Crippen molar-refractivity contribution in [3.05, 3.63) is 30.3 Å². The first kappa shape index (κ1) is 14.9. The van der Waals surface area contributed by atoms with Gasteiger partial charge in [-0.05, 0) is 63.1 Å². The maximum absolute atomic E-state index is 5.79. The molecule has 2 aliphatic rings. The second-order valence-corrected chi connectivity index (χ2v) is 6.92. The van der Waals surface area contributed by atoms with E-state index < -0.39 is 0 Å². The van der Waals surface area contributed by atoms with Gasteiger partial charge in [0.1, 0.15) is 5.75 Å². The maximum Gasteiger partial charge on any atom is 0.119 e. The second-order valence-electron chi connectivity index (χ2n) is 6.92. The number of hydrogen-bond acceptors (Lipinski definition) is 2. The summed E-state index contributed by atoms with van der Waals surface area (Å²) >= 11 is 0. The van der Waals surface area contributed by atoms with Crippen molar-refractivity contribution >= 4 is 0 Å². The third-order valence-electron chi connectivity index (χ3n) is 5.18. The lowest BCUT2D eigenvalue weighted by atomic mass is 9.79. The van der Waals surface area contributed by atoms with Crippen LogP contribution in [0.15, 0.2) is 30.3 Å². The molecule has 0 aliphatic carbocycles. The van der Waals surface area contributed by atoms with Crippen LogP contribution in [0.1, 0.15) is 51.9 Å². The number of para-hydroxylation sites is 1. The monoisotopic (exact) mass is 287 g/mol. The molecule has 0 saturated carbocycles. The fourth-order valence-corrected chi connectivity index (χ4v) is 4.22. The summed E-state index contributed by atoms with van der Waals surface area (Å²) in [5, 5.41) is 0. The normalized spacial score (nSPS) is 29.3. The number of hydrogen-bond donors (Lipinski definition) is 0. The minimum atomic E-state index is 0.851. The summed E-state index contributed by atoms with van der Waals surface area (Å²) in [5.74, 6) is 1.94. The van der Waals surface area contributed by atoms with Gasteiger partial charge in [0.25, 0.3) is 0 Å². The van der Waals surface area contributed by atoms with Gasteiger partial charge in [-0.2, -0.15) is 0 Å². The highest BCUT2D eigenvalue weighted by Gasteiger charge is 2.35. The largest absolute Gasteiger partial charge is 0.494 e. The molecule has 0 N–H and O–H groups in total. The zero-order valence-corrected chi connectivity index (χ0v) is 13.3. The Hall–Kier alpha value is -1.02. The van der Waals surface area contributed by atoms with Gasteiger partial charge in [0.05, 0.1) is 6.61 Å². The first-order valence-corrected chi connectivity index (χ1v) is 8.76. The molecule has 0 radical (unpaired) electrons. The Balaban J connectivity index is 1.37. The molecular formula is C19H29NO. The van der Waals surface area contributed by atoms with Crippen LogP contribution in [0.4, 0.5) is 0 Å². The molecule has 21 heavy (non-hydrogen) atoms. The lowest BCUT2D eigenvalue weighted by Crippen LogP contribution is -2.51. The zero-order chi connectivity index (χ0) is 14.5. The molecule has 2 bridgehead atoms. The Morgan fingerprint density at radius 2 is 1.76 bits per heavy atom. The van der Waals surface area contributed by atoms with Crippen LogP contribution >= 0.6 is 0 Å². The van der Waals surface area contributed by atoms with E-state index in [1.807, 2.05) is 30.3 Å². The lowest BCUT2D eigenvalue weighted by Gasteiger charge is -2.48. The lowest BCUT2D eigenvalue weighted by molar-refractivity contribution is 0.0161. The van der Waals surface area contributed by atoms with Gasteiger partial charge in [0.2, 0.25) is 0 Å². The number of nitrogens with zero attached hydrogens (tertiary/aromatic N) is 1. The Bertz CT molecular complexity index is 405. The van der Waals surface area contributed by atoms with Crippen LogP contribution in [0.25, 0.3) is 0 Å². The van der Waals surface area contributed by atoms with Crippen LogP contribution in [0, 0.1) is 5.92 Å². The Morgan fingerprint density at radius 1 is 1.05 bits per heavy atom. The smallest absolute Gasteiger partial charge is 0.119 e. The first-order chi connectivity index (χ1) is 10.3. The number of ether oxygens (including phenoxy) is 1. The Labute approximate surface area is 129 Å². The summed E-state index contributed by atoms with van der Waals surface area (Å²) in [7, 11) is 0. The van der Waals surface area contributed by atoms with Gasteiger partial charge < -0.3 is 4.74 Å². The van der Waals surface area contributed by atoms with E-state index in [4.69, 9.17) is 4.74 Å². The summed E-state index contributed by atoms with van der Waals surface area (Å²) in [5.41, 5.74) is 0. The van der Waals surface area contributed by atoms with Crippen LogP contribution < -0.4 is 4.74 Å². The van der Waals surface area contributed by atoms with Crippen LogP contribution in [0.3, 0.4) is 0 Å². The molecule has 2 saturated heterocycles. The Kier molecular flexibility index (Phi) is 5.18. The standard InChI is InChI=1S/C19H29NO/c1-16-14-17-8-7-9-18(15-16)20(17)12-5-6-13-21-19-10-3-2-4-11-19/h2-4,10-11,16-18H,5-9,12-15H2,1H3. The zero-order valence-electron chi connectivity index (χ0n) is 13.3. The molecular weight excluding hydrogens is 258 g/mol. The molecule has 2 atom stereocenters. The topological polar surface area (TPSA) is 12.5 Å². The van der Waals surface area contributed by atoms with E-state index in [0.29, 0.717) is 0 Å². The van der Waals surface area contributed by atoms with Crippen molar-refractivity contribution in [1.82, 2.24) is 4.90 Å². The number of unbranched alkanes of at least 4 members (excludes halogenated alkanes) is 1.